The van der Waals surface area contributed by atoms with Gasteiger partial charge >= 0.3 is 0 Å². The van der Waals surface area contributed by atoms with Crippen molar-refractivity contribution in [2.75, 3.05) is 25.0 Å². The van der Waals surface area contributed by atoms with E-state index in [1.54, 1.807) is 16.2 Å². The number of carbonyl (C=O) groups excluding carboxylic acids is 1. The Morgan fingerprint density at radius 1 is 1.73 bits per heavy atom. The van der Waals surface area contributed by atoms with Gasteiger partial charge in [0.15, 0.2) is 0 Å². The summed E-state index contributed by atoms with van der Waals surface area (Å²) in [5.74, 6) is 0.366. The van der Waals surface area contributed by atoms with Crippen LogP contribution in [0, 0.1) is 5.92 Å². The summed E-state index contributed by atoms with van der Waals surface area (Å²) < 4.78 is 1.03. The Kier molecular flexibility index (Phi) is 3.43. The highest BCUT2D eigenvalue weighted by Crippen LogP contribution is 2.28. The number of rotatable bonds is 2. The normalized spacial score (nSPS) is 20.5. The van der Waals surface area contributed by atoms with E-state index in [9.17, 15) is 4.79 Å². The molecule has 1 aliphatic heterocycles. The molecule has 0 radical (unpaired) electrons. The first-order valence-electron chi connectivity index (χ1n) is 4.91. The van der Waals surface area contributed by atoms with Crippen molar-refractivity contribution in [3.05, 3.63) is 15.9 Å². The lowest BCUT2D eigenvalue weighted by Gasteiger charge is -2.18. The van der Waals surface area contributed by atoms with Gasteiger partial charge in [0, 0.05) is 23.4 Å². The molecule has 5 heteroatoms. The molecule has 1 unspecified atom stereocenters. The van der Waals surface area contributed by atoms with Crippen LogP contribution in [0.4, 0.5) is 5.00 Å². The Bertz CT molecular complexity index is 360. The maximum atomic E-state index is 12.0. The van der Waals surface area contributed by atoms with Crippen molar-refractivity contribution in [2.24, 2.45) is 5.92 Å². The second-order valence-electron chi connectivity index (χ2n) is 3.69. The number of thiophene rings is 1. The third-order valence-electron chi connectivity index (χ3n) is 2.62. The molecule has 2 rings (SSSR count). The number of halogens is 1. The Hall–Kier alpha value is -0.390. The van der Waals surface area contributed by atoms with E-state index < -0.39 is 0 Å². The fourth-order valence-electron chi connectivity index (χ4n) is 1.73. The summed E-state index contributed by atoms with van der Waals surface area (Å²) in [6, 6.07) is 1.98. The lowest BCUT2D eigenvalue weighted by atomic mass is 10.1. The zero-order valence-corrected chi connectivity index (χ0v) is 10.9. The molecule has 15 heavy (non-hydrogen) atoms. The van der Waals surface area contributed by atoms with E-state index in [-0.39, 0.29) is 11.8 Å². The third kappa shape index (κ3) is 2.41. The first-order chi connectivity index (χ1) is 7.18. The van der Waals surface area contributed by atoms with Crippen molar-refractivity contribution in [1.82, 2.24) is 5.32 Å². The molecule has 82 valence electrons. The Balaban J connectivity index is 2.06. The highest BCUT2D eigenvalue weighted by atomic mass is 79.9. The van der Waals surface area contributed by atoms with E-state index in [4.69, 9.17) is 0 Å². The maximum Gasteiger partial charge on any atom is 0.231 e. The van der Waals surface area contributed by atoms with Gasteiger partial charge in [0.05, 0.1) is 10.9 Å². The molecular formula is C10H13BrN2OS. The zero-order chi connectivity index (χ0) is 10.8. The van der Waals surface area contributed by atoms with Crippen molar-refractivity contribution < 1.29 is 4.79 Å². The van der Waals surface area contributed by atoms with Gasteiger partial charge < -0.3 is 10.2 Å². The first-order valence-corrected chi connectivity index (χ1v) is 6.58. The fourth-order valence-corrected chi connectivity index (χ4v) is 3.12. The molecule has 0 saturated carbocycles. The number of hydrogen-bond donors (Lipinski definition) is 1. The molecule has 1 fully saturated rings. The van der Waals surface area contributed by atoms with Gasteiger partial charge in [0.1, 0.15) is 0 Å². The van der Waals surface area contributed by atoms with Gasteiger partial charge in [-0.3, -0.25) is 4.79 Å². The molecular weight excluding hydrogens is 276 g/mol. The molecule has 1 aliphatic rings. The minimum absolute atomic E-state index is 0.149. The van der Waals surface area contributed by atoms with Crippen LogP contribution in [0.25, 0.3) is 0 Å². The second kappa shape index (κ2) is 4.63. The summed E-state index contributed by atoms with van der Waals surface area (Å²) in [5, 5.41) is 6.20. The zero-order valence-electron chi connectivity index (χ0n) is 8.50. The lowest BCUT2D eigenvalue weighted by Crippen LogP contribution is -2.33. The fraction of sp³-hybridized carbons (Fsp3) is 0.500. The second-order valence-corrected chi connectivity index (χ2v) is 5.50. The molecule has 0 aromatic carbocycles. The molecule has 0 bridgehead atoms. The number of anilines is 1. The minimum Gasteiger partial charge on any atom is -0.316 e. The standard InChI is InChI=1S/C10H13BrN2OS/c1-13(9-4-8(11)6-15-9)10(14)7-2-3-12-5-7/h4,6-7,12H,2-3,5H2,1H3. The first kappa shape index (κ1) is 11.1. The number of hydrogen-bond acceptors (Lipinski definition) is 3. The summed E-state index contributed by atoms with van der Waals surface area (Å²) in [5.41, 5.74) is 0. The van der Waals surface area contributed by atoms with Crippen LogP contribution in [0.5, 0.6) is 0 Å². The van der Waals surface area contributed by atoms with Crippen LogP contribution in [0.2, 0.25) is 0 Å². The van der Waals surface area contributed by atoms with Crippen LogP contribution in [0.3, 0.4) is 0 Å². The molecule has 1 amide bonds. The van der Waals surface area contributed by atoms with E-state index in [2.05, 4.69) is 21.2 Å². The molecule has 1 aromatic heterocycles. The topological polar surface area (TPSA) is 32.3 Å². The van der Waals surface area contributed by atoms with Crippen molar-refractivity contribution in [3.63, 3.8) is 0 Å². The average Bonchev–Trinajstić information content (AvgIpc) is 2.85. The molecule has 0 spiro atoms. The average molecular weight is 289 g/mol. The minimum atomic E-state index is 0.149. The number of nitrogens with zero attached hydrogens (tertiary/aromatic N) is 1. The SMILES string of the molecule is CN(C(=O)C1CCNC1)c1cc(Br)cs1. The monoisotopic (exact) mass is 288 g/mol. The van der Waals surface area contributed by atoms with Crippen LogP contribution in [0.1, 0.15) is 6.42 Å². The number of nitrogens with one attached hydrogen (secondary N) is 1. The number of carbonyl (C=O) groups is 1. The van der Waals surface area contributed by atoms with E-state index in [0.29, 0.717) is 0 Å². The molecule has 2 heterocycles. The van der Waals surface area contributed by atoms with Crippen molar-refractivity contribution in [2.45, 2.75) is 6.42 Å². The van der Waals surface area contributed by atoms with Crippen LogP contribution >= 0.6 is 27.3 Å². The molecule has 1 N–H and O–H groups in total. The van der Waals surface area contributed by atoms with E-state index >= 15 is 0 Å². The van der Waals surface area contributed by atoms with Crippen LogP contribution in [-0.2, 0) is 4.79 Å². The largest absolute Gasteiger partial charge is 0.316 e. The van der Waals surface area contributed by atoms with Gasteiger partial charge in [0.25, 0.3) is 0 Å². The lowest BCUT2D eigenvalue weighted by molar-refractivity contribution is -0.121. The summed E-state index contributed by atoms with van der Waals surface area (Å²) in [6.45, 7) is 1.77. The summed E-state index contributed by atoms with van der Waals surface area (Å²) in [6.07, 6.45) is 0.954. The molecule has 1 aromatic rings. The smallest absolute Gasteiger partial charge is 0.231 e. The van der Waals surface area contributed by atoms with E-state index in [0.717, 1.165) is 29.0 Å². The van der Waals surface area contributed by atoms with Crippen molar-refractivity contribution in [3.8, 4) is 0 Å². The van der Waals surface area contributed by atoms with Crippen molar-refractivity contribution in [1.29, 1.82) is 0 Å². The molecule has 0 aliphatic carbocycles. The Morgan fingerprint density at radius 2 is 2.53 bits per heavy atom. The molecule has 3 nitrogen and oxygen atoms in total. The van der Waals surface area contributed by atoms with Gasteiger partial charge in [-0.2, -0.15) is 0 Å². The van der Waals surface area contributed by atoms with Crippen LogP contribution < -0.4 is 10.2 Å². The highest BCUT2D eigenvalue weighted by molar-refractivity contribution is 9.10. The quantitative estimate of drug-likeness (QED) is 0.904. The van der Waals surface area contributed by atoms with Gasteiger partial charge in [-0.05, 0) is 35.0 Å². The molecule has 1 saturated heterocycles. The van der Waals surface area contributed by atoms with Gasteiger partial charge in [0.2, 0.25) is 5.91 Å². The van der Waals surface area contributed by atoms with Gasteiger partial charge in [-0.25, -0.2) is 0 Å². The summed E-state index contributed by atoms with van der Waals surface area (Å²) >= 11 is 4.98. The van der Waals surface area contributed by atoms with Crippen LogP contribution in [-0.4, -0.2) is 26.0 Å². The predicted molar refractivity (Wildman–Crippen MR) is 66.4 cm³/mol. The molecule has 1 atom stereocenters. The van der Waals surface area contributed by atoms with E-state index in [1.807, 2.05) is 18.5 Å². The third-order valence-corrected chi connectivity index (χ3v) is 4.39. The summed E-state index contributed by atoms with van der Waals surface area (Å²) in [4.78, 5) is 13.8. The predicted octanol–water partition coefficient (Wildman–Crippen LogP) is 2.08. The van der Waals surface area contributed by atoms with E-state index in [1.165, 1.54) is 0 Å². The number of amides is 1. The Morgan fingerprint density at radius 3 is 3.07 bits per heavy atom. The van der Waals surface area contributed by atoms with Crippen molar-refractivity contribution >= 4 is 38.2 Å². The van der Waals surface area contributed by atoms with Gasteiger partial charge in [-0.15, -0.1) is 11.3 Å². The maximum absolute atomic E-state index is 12.0. The highest BCUT2D eigenvalue weighted by Gasteiger charge is 2.26. The Labute approximate surface area is 102 Å². The van der Waals surface area contributed by atoms with Gasteiger partial charge in [-0.1, -0.05) is 0 Å². The summed E-state index contributed by atoms with van der Waals surface area (Å²) in [7, 11) is 1.85. The van der Waals surface area contributed by atoms with Crippen LogP contribution in [0.15, 0.2) is 15.9 Å².